The van der Waals surface area contributed by atoms with Crippen LogP contribution in [0.5, 0.6) is 5.75 Å². The standard InChI is InChI=1S/C15H15IO2/c1-2-18-12-7-5-6-11(10-12)15(17)13-8-3-4-9-14(13)16/h3-10,15,17H,2H2,1H3. The lowest BCUT2D eigenvalue weighted by Gasteiger charge is -2.14. The summed E-state index contributed by atoms with van der Waals surface area (Å²) in [6.07, 6.45) is -0.612. The van der Waals surface area contributed by atoms with E-state index in [0.29, 0.717) is 6.61 Å². The Morgan fingerprint density at radius 3 is 2.67 bits per heavy atom. The van der Waals surface area contributed by atoms with Gasteiger partial charge in [0.25, 0.3) is 0 Å². The number of aliphatic hydroxyl groups excluding tert-OH is 1. The van der Waals surface area contributed by atoms with Gasteiger partial charge in [-0.2, -0.15) is 0 Å². The van der Waals surface area contributed by atoms with Crippen molar-refractivity contribution in [2.24, 2.45) is 0 Å². The normalized spacial score (nSPS) is 12.2. The van der Waals surface area contributed by atoms with Crippen molar-refractivity contribution in [2.45, 2.75) is 13.0 Å². The average Bonchev–Trinajstić information content (AvgIpc) is 2.39. The lowest BCUT2D eigenvalue weighted by molar-refractivity contribution is 0.218. The van der Waals surface area contributed by atoms with Crippen LogP contribution in [0.2, 0.25) is 0 Å². The van der Waals surface area contributed by atoms with Crippen molar-refractivity contribution in [2.75, 3.05) is 6.61 Å². The van der Waals surface area contributed by atoms with Gasteiger partial charge in [-0.15, -0.1) is 0 Å². The first-order valence-electron chi connectivity index (χ1n) is 5.87. The third-order valence-corrected chi connectivity index (χ3v) is 3.67. The quantitative estimate of drug-likeness (QED) is 0.847. The number of benzene rings is 2. The van der Waals surface area contributed by atoms with E-state index >= 15 is 0 Å². The van der Waals surface area contributed by atoms with E-state index in [9.17, 15) is 5.11 Å². The number of hydrogen-bond acceptors (Lipinski definition) is 2. The third-order valence-electron chi connectivity index (χ3n) is 2.68. The molecule has 2 rings (SSSR count). The molecule has 0 aliphatic heterocycles. The monoisotopic (exact) mass is 354 g/mol. The number of halogens is 1. The molecule has 2 aromatic carbocycles. The van der Waals surface area contributed by atoms with Gasteiger partial charge in [-0.3, -0.25) is 0 Å². The van der Waals surface area contributed by atoms with Crippen molar-refractivity contribution in [1.82, 2.24) is 0 Å². The zero-order valence-electron chi connectivity index (χ0n) is 10.1. The van der Waals surface area contributed by atoms with Crippen LogP contribution in [0.25, 0.3) is 0 Å². The van der Waals surface area contributed by atoms with Crippen LogP contribution in [0.3, 0.4) is 0 Å². The van der Waals surface area contributed by atoms with Crippen LogP contribution in [-0.4, -0.2) is 11.7 Å². The molecule has 0 saturated heterocycles. The Labute approximate surface area is 121 Å². The molecule has 0 aliphatic rings. The SMILES string of the molecule is CCOc1cccc(C(O)c2ccccc2I)c1. The lowest BCUT2D eigenvalue weighted by atomic mass is 10.0. The van der Waals surface area contributed by atoms with Gasteiger partial charge in [0.15, 0.2) is 0 Å². The molecule has 0 spiro atoms. The van der Waals surface area contributed by atoms with Crippen molar-refractivity contribution in [3.8, 4) is 5.75 Å². The van der Waals surface area contributed by atoms with E-state index in [2.05, 4.69) is 22.6 Å². The number of hydrogen-bond donors (Lipinski definition) is 1. The van der Waals surface area contributed by atoms with Crippen LogP contribution in [0.1, 0.15) is 24.2 Å². The fourth-order valence-electron chi connectivity index (χ4n) is 1.82. The Kier molecular flexibility index (Phi) is 4.60. The summed E-state index contributed by atoms with van der Waals surface area (Å²) in [6.45, 7) is 2.58. The van der Waals surface area contributed by atoms with E-state index in [0.717, 1.165) is 20.4 Å². The topological polar surface area (TPSA) is 29.5 Å². The molecule has 0 bridgehead atoms. The molecule has 1 N–H and O–H groups in total. The molecule has 1 atom stereocenters. The molecule has 3 heteroatoms. The second kappa shape index (κ2) is 6.20. The summed E-state index contributed by atoms with van der Waals surface area (Å²) in [6, 6.07) is 15.4. The molecule has 1 unspecified atom stereocenters. The van der Waals surface area contributed by atoms with E-state index in [4.69, 9.17) is 4.74 Å². The zero-order chi connectivity index (χ0) is 13.0. The predicted molar refractivity (Wildman–Crippen MR) is 80.8 cm³/mol. The first kappa shape index (κ1) is 13.4. The molecule has 2 aromatic rings. The van der Waals surface area contributed by atoms with E-state index in [1.807, 2.05) is 55.5 Å². The molecule has 0 fully saturated rings. The van der Waals surface area contributed by atoms with Crippen molar-refractivity contribution < 1.29 is 9.84 Å². The van der Waals surface area contributed by atoms with Gasteiger partial charge in [0.05, 0.1) is 6.61 Å². The molecule has 2 nitrogen and oxygen atoms in total. The van der Waals surface area contributed by atoms with E-state index < -0.39 is 6.10 Å². The Morgan fingerprint density at radius 2 is 1.94 bits per heavy atom. The van der Waals surface area contributed by atoms with E-state index in [-0.39, 0.29) is 0 Å². The van der Waals surface area contributed by atoms with Gasteiger partial charge in [0.2, 0.25) is 0 Å². The minimum Gasteiger partial charge on any atom is -0.494 e. The lowest BCUT2D eigenvalue weighted by Crippen LogP contribution is -2.02. The van der Waals surface area contributed by atoms with Crippen LogP contribution in [0.4, 0.5) is 0 Å². The number of rotatable bonds is 4. The highest BCUT2D eigenvalue weighted by molar-refractivity contribution is 14.1. The Morgan fingerprint density at radius 1 is 1.17 bits per heavy atom. The van der Waals surface area contributed by atoms with Gasteiger partial charge in [0.1, 0.15) is 11.9 Å². The third kappa shape index (κ3) is 3.03. The largest absolute Gasteiger partial charge is 0.494 e. The van der Waals surface area contributed by atoms with Crippen molar-refractivity contribution in [1.29, 1.82) is 0 Å². The molecule has 0 amide bonds. The summed E-state index contributed by atoms with van der Waals surface area (Å²) in [7, 11) is 0. The van der Waals surface area contributed by atoms with Gasteiger partial charge in [0, 0.05) is 3.57 Å². The maximum absolute atomic E-state index is 10.4. The molecular formula is C15H15IO2. The van der Waals surface area contributed by atoms with Crippen LogP contribution in [0.15, 0.2) is 48.5 Å². The smallest absolute Gasteiger partial charge is 0.119 e. The highest BCUT2D eigenvalue weighted by Gasteiger charge is 2.13. The van der Waals surface area contributed by atoms with E-state index in [1.165, 1.54) is 0 Å². The second-order valence-electron chi connectivity index (χ2n) is 3.93. The Bertz CT molecular complexity index is 525. The predicted octanol–water partition coefficient (Wildman–Crippen LogP) is 3.77. The summed E-state index contributed by atoms with van der Waals surface area (Å²) >= 11 is 2.24. The van der Waals surface area contributed by atoms with Gasteiger partial charge < -0.3 is 9.84 Å². The van der Waals surface area contributed by atoms with E-state index in [1.54, 1.807) is 0 Å². The summed E-state index contributed by atoms with van der Waals surface area (Å²) in [5.74, 6) is 0.792. The first-order chi connectivity index (χ1) is 8.72. The van der Waals surface area contributed by atoms with Crippen molar-refractivity contribution >= 4 is 22.6 Å². The van der Waals surface area contributed by atoms with Crippen LogP contribution >= 0.6 is 22.6 Å². The summed E-state index contributed by atoms with van der Waals surface area (Å²) in [5.41, 5.74) is 1.77. The van der Waals surface area contributed by atoms with Crippen molar-refractivity contribution in [3.63, 3.8) is 0 Å². The molecule has 94 valence electrons. The summed E-state index contributed by atoms with van der Waals surface area (Å²) in [5, 5.41) is 10.4. The molecule has 0 heterocycles. The molecule has 0 radical (unpaired) electrons. The zero-order valence-corrected chi connectivity index (χ0v) is 12.3. The fraction of sp³-hybridized carbons (Fsp3) is 0.200. The minimum absolute atomic E-state index is 0.612. The second-order valence-corrected chi connectivity index (χ2v) is 5.09. The molecule has 18 heavy (non-hydrogen) atoms. The van der Waals surface area contributed by atoms with Gasteiger partial charge in [-0.1, -0.05) is 30.3 Å². The van der Waals surface area contributed by atoms with Crippen LogP contribution in [0, 0.1) is 3.57 Å². The van der Waals surface area contributed by atoms with Gasteiger partial charge in [-0.05, 0) is 58.8 Å². The van der Waals surface area contributed by atoms with Gasteiger partial charge in [-0.25, -0.2) is 0 Å². The average molecular weight is 354 g/mol. The first-order valence-corrected chi connectivity index (χ1v) is 6.95. The molecular weight excluding hydrogens is 339 g/mol. The highest BCUT2D eigenvalue weighted by Crippen LogP contribution is 2.28. The number of ether oxygens (including phenoxy) is 1. The molecule has 0 saturated carbocycles. The molecule has 0 aromatic heterocycles. The van der Waals surface area contributed by atoms with Crippen LogP contribution in [-0.2, 0) is 0 Å². The maximum Gasteiger partial charge on any atom is 0.119 e. The maximum atomic E-state index is 10.4. The highest BCUT2D eigenvalue weighted by atomic mass is 127. The Hall–Kier alpha value is -1.07. The number of aliphatic hydroxyl groups is 1. The summed E-state index contributed by atoms with van der Waals surface area (Å²) in [4.78, 5) is 0. The van der Waals surface area contributed by atoms with Crippen LogP contribution < -0.4 is 4.74 Å². The summed E-state index contributed by atoms with van der Waals surface area (Å²) < 4.78 is 6.51. The Balaban J connectivity index is 2.31. The van der Waals surface area contributed by atoms with Gasteiger partial charge >= 0.3 is 0 Å². The molecule has 0 aliphatic carbocycles. The fourth-order valence-corrected chi connectivity index (χ4v) is 2.50. The minimum atomic E-state index is -0.612. The van der Waals surface area contributed by atoms with Crippen molar-refractivity contribution in [3.05, 3.63) is 63.2 Å².